The van der Waals surface area contributed by atoms with E-state index in [0.29, 0.717) is 54.6 Å². The minimum absolute atomic E-state index is 0.132. The number of benzene rings is 1. The summed E-state index contributed by atoms with van der Waals surface area (Å²) < 4.78 is 6.31. The summed E-state index contributed by atoms with van der Waals surface area (Å²) in [5.74, 6) is 0.0690. The summed E-state index contributed by atoms with van der Waals surface area (Å²) >= 11 is 1.23. The van der Waals surface area contributed by atoms with Crippen molar-refractivity contribution < 1.29 is 19.1 Å². The smallest absolute Gasteiger partial charge is 0.273 e. The first-order chi connectivity index (χ1) is 13.8. The summed E-state index contributed by atoms with van der Waals surface area (Å²) in [4.78, 5) is 42.3. The van der Waals surface area contributed by atoms with E-state index in [4.69, 9.17) is 4.74 Å². The second kappa shape index (κ2) is 7.47. The number of ether oxygens (including phenoxy) is 1. The van der Waals surface area contributed by atoms with Crippen LogP contribution in [0.5, 0.6) is 5.75 Å². The first-order valence-corrected chi connectivity index (χ1v) is 10.3. The molecule has 1 aromatic heterocycles. The summed E-state index contributed by atoms with van der Waals surface area (Å²) in [6.07, 6.45) is 1.21. The van der Waals surface area contributed by atoms with Gasteiger partial charge < -0.3 is 20.3 Å². The second-order valence-corrected chi connectivity index (χ2v) is 8.34. The number of aromatic nitrogens is 1. The second-order valence-electron chi connectivity index (χ2n) is 7.48. The lowest BCUT2D eigenvalue weighted by molar-refractivity contribution is -0.114. The maximum absolute atomic E-state index is 12.8. The number of aryl methyl sites for hydroxylation is 1. The lowest BCUT2D eigenvalue weighted by Gasteiger charge is -2.40. The molecule has 0 aliphatic carbocycles. The maximum Gasteiger partial charge on any atom is 0.273 e. The highest BCUT2D eigenvalue weighted by Crippen LogP contribution is 2.33. The molecule has 0 unspecified atom stereocenters. The van der Waals surface area contributed by atoms with Gasteiger partial charge in [0.05, 0.1) is 12.1 Å². The lowest BCUT2D eigenvalue weighted by atomic mass is 9.90. The molecule has 4 rings (SSSR count). The molecular formula is C20H22N4O4S. The van der Waals surface area contributed by atoms with Crippen LogP contribution in [-0.2, 0) is 4.79 Å². The number of anilines is 1. The van der Waals surface area contributed by atoms with Crippen LogP contribution in [0.25, 0.3) is 0 Å². The number of likely N-dealkylation sites (tertiary alicyclic amines) is 1. The van der Waals surface area contributed by atoms with E-state index in [9.17, 15) is 14.4 Å². The summed E-state index contributed by atoms with van der Waals surface area (Å²) in [5.41, 5.74) is 1.34. The highest BCUT2D eigenvalue weighted by molar-refractivity contribution is 7.14. The van der Waals surface area contributed by atoms with Crippen LogP contribution < -0.4 is 15.4 Å². The molecule has 0 saturated carbocycles. The zero-order chi connectivity index (χ0) is 20.6. The summed E-state index contributed by atoms with van der Waals surface area (Å²) in [6, 6.07) is 5.60. The summed E-state index contributed by atoms with van der Waals surface area (Å²) in [7, 11) is 0. The third-order valence-corrected chi connectivity index (χ3v) is 6.00. The Morgan fingerprint density at radius 1 is 1.31 bits per heavy atom. The molecule has 0 bridgehead atoms. The molecule has 1 spiro atoms. The number of carbonyl (C=O) groups excluding carboxylic acids is 3. The first kappa shape index (κ1) is 19.4. The van der Waals surface area contributed by atoms with Crippen molar-refractivity contribution in [2.45, 2.75) is 32.3 Å². The highest BCUT2D eigenvalue weighted by atomic mass is 32.1. The molecule has 8 nitrogen and oxygen atoms in total. The van der Waals surface area contributed by atoms with Crippen molar-refractivity contribution in [3.05, 3.63) is 40.4 Å². The van der Waals surface area contributed by atoms with Crippen LogP contribution in [0.2, 0.25) is 0 Å². The number of carbonyl (C=O) groups is 3. The number of hydrogen-bond acceptors (Lipinski definition) is 6. The predicted molar refractivity (Wildman–Crippen MR) is 108 cm³/mol. The average molecular weight is 414 g/mol. The summed E-state index contributed by atoms with van der Waals surface area (Å²) in [5, 5.41) is 7.62. The maximum atomic E-state index is 12.8. The molecule has 3 heterocycles. The van der Waals surface area contributed by atoms with Gasteiger partial charge in [-0.1, -0.05) is 11.6 Å². The van der Waals surface area contributed by atoms with Crippen molar-refractivity contribution in [3.8, 4) is 5.75 Å². The standard InChI is InChI=1S/C20H22N4O4S/c1-12-3-4-16-14(9-12)17(26)21-11-20(28-16)5-7-24(8-6-20)18(27)15-10-29-19(23-15)22-13(2)25/h3-4,9-10H,5-8,11H2,1-2H3,(H,21,26)(H,22,23,25). The normalized spacial score (nSPS) is 17.7. The molecule has 2 N–H and O–H groups in total. The molecule has 2 aliphatic heterocycles. The van der Waals surface area contributed by atoms with Gasteiger partial charge >= 0.3 is 0 Å². The fraction of sp³-hybridized carbons (Fsp3) is 0.400. The Morgan fingerprint density at radius 3 is 2.79 bits per heavy atom. The largest absolute Gasteiger partial charge is 0.484 e. The number of amides is 3. The fourth-order valence-corrected chi connectivity index (χ4v) is 4.38. The number of nitrogens with zero attached hydrogens (tertiary/aromatic N) is 2. The monoisotopic (exact) mass is 414 g/mol. The van der Waals surface area contributed by atoms with Crippen LogP contribution >= 0.6 is 11.3 Å². The van der Waals surface area contributed by atoms with Gasteiger partial charge in [-0.15, -0.1) is 11.3 Å². The highest BCUT2D eigenvalue weighted by Gasteiger charge is 2.41. The third kappa shape index (κ3) is 3.95. The van der Waals surface area contributed by atoms with Gasteiger partial charge in [-0.3, -0.25) is 14.4 Å². The molecule has 0 atom stereocenters. The van der Waals surface area contributed by atoms with Gasteiger partial charge in [0.1, 0.15) is 17.0 Å². The van der Waals surface area contributed by atoms with Gasteiger partial charge in [0.15, 0.2) is 5.13 Å². The molecule has 2 aromatic rings. The molecule has 2 aliphatic rings. The molecular weight excluding hydrogens is 392 g/mol. The number of fused-ring (bicyclic) bond motifs is 1. The minimum atomic E-state index is -0.531. The van der Waals surface area contributed by atoms with Gasteiger partial charge in [0.25, 0.3) is 11.8 Å². The average Bonchev–Trinajstić information content (AvgIpc) is 3.10. The van der Waals surface area contributed by atoms with Gasteiger partial charge in [-0.05, 0) is 19.1 Å². The molecule has 1 aromatic carbocycles. The number of hydrogen-bond donors (Lipinski definition) is 2. The summed E-state index contributed by atoms with van der Waals surface area (Å²) in [6.45, 7) is 4.75. The third-order valence-electron chi connectivity index (χ3n) is 5.25. The van der Waals surface area contributed by atoms with Crippen molar-refractivity contribution in [3.63, 3.8) is 0 Å². The van der Waals surface area contributed by atoms with Crippen LogP contribution in [0.15, 0.2) is 23.6 Å². The molecule has 3 amide bonds. The number of rotatable bonds is 2. The van der Waals surface area contributed by atoms with E-state index in [2.05, 4.69) is 15.6 Å². The van der Waals surface area contributed by atoms with Crippen LogP contribution in [0, 0.1) is 6.92 Å². The van der Waals surface area contributed by atoms with Crippen molar-refractivity contribution in [1.29, 1.82) is 0 Å². The van der Waals surface area contributed by atoms with E-state index in [1.54, 1.807) is 10.3 Å². The zero-order valence-corrected chi connectivity index (χ0v) is 17.1. The van der Waals surface area contributed by atoms with E-state index in [0.717, 1.165) is 5.56 Å². The van der Waals surface area contributed by atoms with Gasteiger partial charge in [0.2, 0.25) is 5.91 Å². The molecule has 9 heteroatoms. The molecule has 1 fully saturated rings. The Hall–Kier alpha value is -2.94. The SMILES string of the molecule is CC(=O)Nc1nc(C(=O)N2CCC3(CC2)CNC(=O)c2cc(C)ccc2O3)cs1. The lowest BCUT2D eigenvalue weighted by Crippen LogP contribution is -2.54. The molecule has 0 radical (unpaired) electrons. The van der Waals surface area contributed by atoms with E-state index >= 15 is 0 Å². The number of piperidine rings is 1. The minimum Gasteiger partial charge on any atom is -0.484 e. The Labute approximate surface area is 172 Å². The number of thiazole rings is 1. The van der Waals surface area contributed by atoms with Crippen LogP contribution in [0.1, 0.15) is 46.2 Å². The van der Waals surface area contributed by atoms with Crippen LogP contribution in [0.3, 0.4) is 0 Å². The van der Waals surface area contributed by atoms with Gasteiger partial charge in [-0.25, -0.2) is 4.98 Å². The predicted octanol–water partition coefficient (Wildman–Crippen LogP) is 2.21. The quantitative estimate of drug-likeness (QED) is 0.785. The van der Waals surface area contributed by atoms with Crippen molar-refractivity contribution in [2.75, 3.05) is 25.0 Å². The van der Waals surface area contributed by atoms with Crippen molar-refractivity contribution >= 4 is 34.2 Å². The van der Waals surface area contributed by atoms with Crippen molar-refractivity contribution in [2.24, 2.45) is 0 Å². The first-order valence-electron chi connectivity index (χ1n) is 9.45. The van der Waals surface area contributed by atoms with Crippen molar-refractivity contribution in [1.82, 2.24) is 15.2 Å². The Bertz CT molecular complexity index is 979. The van der Waals surface area contributed by atoms with E-state index in [1.165, 1.54) is 18.3 Å². The van der Waals surface area contributed by atoms with Crippen LogP contribution in [-0.4, -0.2) is 52.8 Å². The van der Waals surface area contributed by atoms with E-state index < -0.39 is 5.60 Å². The molecule has 1 saturated heterocycles. The molecule has 29 heavy (non-hydrogen) atoms. The molecule has 152 valence electrons. The topological polar surface area (TPSA) is 101 Å². The van der Waals surface area contributed by atoms with Crippen LogP contribution in [0.4, 0.5) is 5.13 Å². The Kier molecular flexibility index (Phi) is 4.99. The zero-order valence-electron chi connectivity index (χ0n) is 16.3. The van der Waals surface area contributed by atoms with E-state index in [1.807, 2.05) is 25.1 Å². The van der Waals surface area contributed by atoms with E-state index in [-0.39, 0.29) is 17.7 Å². The Balaban J connectivity index is 1.45. The fourth-order valence-electron chi connectivity index (χ4n) is 3.65. The Morgan fingerprint density at radius 2 is 2.07 bits per heavy atom. The number of nitrogens with one attached hydrogen (secondary N) is 2. The van der Waals surface area contributed by atoms with Gasteiger partial charge in [-0.2, -0.15) is 0 Å². The van der Waals surface area contributed by atoms with Gasteiger partial charge in [0, 0.05) is 38.2 Å².